The van der Waals surface area contributed by atoms with Crippen molar-refractivity contribution in [2.24, 2.45) is 5.10 Å². The first-order valence-electron chi connectivity index (χ1n) is 6.45. The number of pyridine rings is 1. The van der Waals surface area contributed by atoms with Crippen LogP contribution in [-0.2, 0) is 4.79 Å². The van der Waals surface area contributed by atoms with Crippen LogP contribution >= 0.6 is 0 Å². The molecule has 22 heavy (non-hydrogen) atoms. The molecule has 0 saturated heterocycles. The number of hydrogen-bond acceptors (Lipinski definition) is 6. The number of nitrogens with one attached hydrogen (secondary N) is 2. The lowest BCUT2D eigenvalue weighted by molar-refractivity contribution is -0.115. The van der Waals surface area contributed by atoms with Crippen LogP contribution in [0.2, 0.25) is 0 Å². The topological polar surface area (TPSA) is 109 Å². The van der Waals surface area contributed by atoms with Crippen molar-refractivity contribution in [3.8, 4) is 0 Å². The van der Waals surface area contributed by atoms with Crippen molar-refractivity contribution in [1.82, 2.24) is 20.4 Å². The van der Waals surface area contributed by atoms with E-state index < -0.39 is 5.91 Å². The average molecular weight is 298 g/mol. The molecule has 0 aromatic carbocycles. The Hall–Kier alpha value is -3.16. The third-order valence-corrected chi connectivity index (χ3v) is 2.49. The van der Waals surface area contributed by atoms with Gasteiger partial charge in [-0.25, -0.2) is 15.4 Å². The molecule has 0 saturated carbocycles. The predicted molar refractivity (Wildman–Crippen MR) is 80.1 cm³/mol. The first-order valence-corrected chi connectivity index (χ1v) is 6.45. The normalized spacial score (nSPS) is 10.9. The molecule has 0 radical (unpaired) electrons. The molecular formula is C14H14N6O2. The lowest BCUT2D eigenvalue weighted by Gasteiger charge is -2.04. The van der Waals surface area contributed by atoms with E-state index in [0.717, 1.165) is 0 Å². The Morgan fingerprint density at radius 3 is 2.73 bits per heavy atom. The second-order valence-corrected chi connectivity index (χ2v) is 4.32. The maximum absolute atomic E-state index is 11.8. The molecule has 0 spiro atoms. The molecule has 0 aliphatic rings. The first-order chi connectivity index (χ1) is 10.6. The van der Waals surface area contributed by atoms with Gasteiger partial charge in [0.2, 0.25) is 5.91 Å². The van der Waals surface area contributed by atoms with Gasteiger partial charge in [-0.15, -0.1) is 0 Å². The smallest absolute Gasteiger partial charge is 0.291 e. The summed E-state index contributed by atoms with van der Waals surface area (Å²) >= 11 is 0. The molecule has 8 nitrogen and oxygen atoms in total. The van der Waals surface area contributed by atoms with E-state index >= 15 is 0 Å². The highest BCUT2D eigenvalue weighted by atomic mass is 16.2. The number of aromatic nitrogens is 3. The van der Waals surface area contributed by atoms with Gasteiger partial charge in [0.1, 0.15) is 11.5 Å². The van der Waals surface area contributed by atoms with E-state index in [-0.39, 0.29) is 18.0 Å². The van der Waals surface area contributed by atoms with E-state index in [0.29, 0.717) is 11.5 Å². The molecule has 0 aliphatic heterocycles. The summed E-state index contributed by atoms with van der Waals surface area (Å²) in [4.78, 5) is 35.1. The summed E-state index contributed by atoms with van der Waals surface area (Å²) in [6, 6.07) is 5.20. The number of hydrogen-bond donors (Lipinski definition) is 2. The summed E-state index contributed by atoms with van der Waals surface area (Å²) in [6.07, 6.45) is 5.82. The molecule has 0 bridgehead atoms. The van der Waals surface area contributed by atoms with Gasteiger partial charge in [0.25, 0.3) is 5.91 Å². The molecule has 2 heterocycles. The fourth-order valence-electron chi connectivity index (χ4n) is 1.52. The molecule has 0 atom stereocenters. The zero-order valence-electron chi connectivity index (χ0n) is 11.9. The summed E-state index contributed by atoms with van der Waals surface area (Å²) in [6.45, 7) is 1.63. The Bertz CT molecular complexity index is 672. The van der Waals surface area contributed by atoms with Crippen LogP contribution < -0.4 is 10.7 Å². The van der Waals surface area contributed by atoms with Crippen molar-refractivity contribution in [3.63, 3.8) is 0 Å². The van der Waals surface area contributed by atoms with Gasteiger partial charge in [0, 0.05) is 24.3 Å². The molecule has 8 heteroatoms. The molecule has 0 fully saturated rings. The maximum atomic E-state index is 11.8. The monoisotopic (exact) mass is 298 g/mol. The maximum Gasteiger partial charge on any atom is 0.291 e. The summed E-state index contributed by atoms with van der Waals surface area (Å²) in [5.74, 6) is -0.296. The lowest BCUT2D eigenvalue weighted by atomic mass is 10.3. The van der Waals surface area contributed by atoms with Crippen molar-refractivity contribution in [2.45, 2.75) is 13.3 Å². The van der Waals surface area contributed by atoms with Crippen LogP contribution in [0.5, 0.6) is 0 Å². The van der Waals surface area contributed by atoms with Crippen molar-refractivity contribution >= 4 is 23.3 Å². The van der Waals surface area contributed by atoms with Crippen LogP contribution in [0.25, 0.3) is 0 Å². The summed E-state index contributed by atoms with van der Waals surface area (Å²) < 4.78 is 0. The Balaban J connectivity index is 1.85. The van der Waals surface area contributed by atoms with E-state index in [4.69, 9.17) is 0 Å². The predicted octanol–water partition coefficient (Wildman–Crippen LogP) is 1.01. The minimum Gasteiger partial charge on any atom is -0.310 e. The molecular weight excluding hydrogens is 284 g/mol. The van der Waals surface area contributed by atoms with Crippen LogP contribution in [0.15, 0.2) is 48.1 Å². The van der Waals surface area contributed by atoms with E-state index in [2.05, 4.69) is 30.8 Å². The number of rotatable bonds is 5. The van der Waals surface area contributed by atoms with Crippen molar-refractivity contribution in [2.75, 3.05) is 5.32 Å². The Labute approximate surface area is 126 Å². The number of carbonyl (C=O) groups excluding carboxylic acids is 2. The van der Waals surface area contributed by atoms with Gasteiger partial charge in [0.05, 0.1) is 12.6 Å². The average Bonchev–Trinajstić information content (AvgIpc) is 2.54. The quantitative estimate of drug-likeness (QED) is 0.632. The zero-order chi connectivity index (χ0) is 15.8. The minimum atomic E-state index is -0.488. The third kappa shape index (κ3) is 4.75. The fraction of sp³-hybridized carbons (Fsp3) is 0.143. The van der Waals surface area contributed by atoms with E-state index in [1.807, 2.05) is 0 Å². The van der Waals surface area contributed by atoms with Gasteiger partial charge in [-0.05, 0) is 19.1 Å². The molecule has 2 N–H and O–H groups in total. The van der Waals surface area contributed by atoms with Crippen LogP contribution in [0.4, 0.5) is 5.82 Å². The Morgan fingerprint density at radius 1 is 1.18 bits per heavy atom. The first kappa shape index (κ1) is 15.2. The minimum absolute atomic E-state index is 0.0390. The van der Waals surface area contributed by atoms with Crippen molar-refractivity contribution < 1.29 is 9.59 Å². The van der Waals surface area contributed by atoms with E-state index in [1.54, 1.807) is 31.3 Å². The fourth-order valence-corrected chi connectivity index (χ4v) is 1.52. The van der Waals surface area contributed by atoms with Crippen molar-refractivity contribution in [1.29, 1.82) is 0 Å². The van der Waals surface area contributed by atoms with E-state index in [1.165, 1.54) is 18.6 Å². The van der Waals surface area contributed by atoms with Crippen molar-refractivity contribution in [3.05, 3.63) is 48.7 Å². The SMILES string of the molecule is CC(CC(=O)Nc1ccccn1)=NNC(=O)c1cnccn1. The molecule has 2 rings (SSSR count). The highest BCUT2D eigenvalue weighted by Crippen LogP contribution is 2.01. The summed E-state index contributed by atoms with van der Waals surface area (Å²) in [5, 5.41) is 6.48. The highest BCUT2D eigenvalue weighted by molar-refractivity contribution is 6.05. The van der Waals surface area contributed by atoms with Crippen LogP contribution in [0, 0.1) is 0 Å². The van der Waals surface area contributed by atoms with Gasteiger partial charge in [-0.2, -0.15) is 5.10 Å². The summed E-state index contributed by atoms with van der Waals surface area (Å²) in [5.41, 5.74) is 2.92. The van der Waals surface area contributed by atoms with Gasteiger partial charge in [0.15, 0.2) is 0 Å². The van der Waals surface area contributed by atoms with Gasteiger partial charge in [-0.1, -0.05) is 6.07 Å². The largest absolute Gasteiger partial charge is 0.310 e. The molecule has 112 valence electrons. The van der Waals surface area contributed by atoms with Crippen LogP contribution in [-0.4, -0.2) is 32.5 Å². The molecule has 0 aliphatic carbocycles. The van der Waals surface area contributed by atoms with Crippen LogP contribution in [0.1, 0.15) is 23.8 Å². The number of hydrazone groups is 1. The highest BCUT2D eigenvalue weighted by Gasteiger charge is 2.08. The molecule has 0 unspecified atom stereocenters. The number of carbonyl (C=O) groups is 2. The second kappa shape index (κ2) is 7.58. The number of nitrogens with zero attached hydrogens (tertiary/aromatic N) is 4. The molecule has 2 aromatic rings. The lowest BCUT2D eigenvalue weighted by Crippen LogP contribution is -2.22. The van der Waals surface area contributed by atoms with E-state index in [9.17, 15) is 9.59 Å². The summed E-state index contributed by atoms with van der Waals surface area (Å²) in [7, 11) is 0. The van der Waals surface area contributed by atoms with Gasteiger partial charge < -0.3 is 5.32 Å². The third-order valence-electron chi connectivity index (χ3n) is 2.49. The second-order valence-electron chi connectivity index (χ2n) is 4.32. The Morgan fingerprint density at radius 2 is 2.05 bits per heavy atom. The van der Waals surface area contributed by atoms with Gasteiger partial charge >= 0.3 is 0 Å². The van der Waals surface area contributed by atoms with Crippen LogP contribution in [0.3, 0.4) is 0 Å². The molecule has 2 amide bonds. The molecule has 2 aromatic heterocycles. The standard InChI is InChI=1S/C14H14N6O2/c1-10(8-13(21)18-12-4-2-3-5-17-12)19-20-14(22)11-9-15-6-7-16-11/h2-7,9H,8H2,1H3,(H,20,22)(H,17,18,21). The number of anilines is 1. The van der Waals surface area contributed by atoms with Gasteiger partial charge in [-0.3, -0.25) is 14.6 Å². The number of amides is 2. The Kier molecular flexibility index (Phi) is 5.25. The zero-order valence-corrected chi connectivity index (χ0v) is 11.9.